The zero-order chi connectivity index (χ0) is 11.3. The highest BCUT2D eigenvalue weighted by atomic mass is 16.5. The molecule has 0 saturated carbocycles. The molecule has 0 radical (unpaired) electrons. The number of hydrogen-bond donors (Lipinski definition) is 1. The Bertz CT molecular complexity index is 374. The number of benzene rings is 1. The SMILES string of the molecule is COc1ccc(CNC(=O)C=O)cc1C. The van der Waals surface area contributed by atoms with E-state index in [2.05, 4.69) is 5.32 Å². The standard InChI is InChI=1S/C11H13NO3/c1-8-5-9(3-4-10(8)15-2)6-12-11(14)7-13/h3-5,7H,6H2,1-2H3,(H,12,14). The fourth-order valence-corrected chi connectivity index (χ4v) is 1.28. The Morgan fingerprint density at radius 3 is 2.80 bits per heavy atom. The van der Waals surface area contributed by atoms with Gasteiger partial charge in [0.05, 0.1) is 7.11 Å². The van der Waals surface area contributed by atoms with E-state index in [0.717, 1.165) is 16.9 Å². The summed E-state index contributed by atoms with van der Waals surface area (Å²) in [6.07, 6.45) is 0.260. The topological polar surface area (TPSA) is 55.4 Å². The van der Waals surface area contributed by atoms with E-state index < -0.39 is 5.91 Å². The summed E-state index contributed by atoms with van der Waals surface area (Å²) < 4.78 is 5.10. The number of methoxy groups -OCH3 is 1. The first-order chi connectivity index (χ1) is 7.17. The van der Waals surface area contributed by atoms with Gasteiger partial charge >= 0.3 is 0 Å². The fourth-order valence-electron chi connectivity index (χ4n) is 1.28. The van der Waals surface area contributed by atoms with Gasteiger partial charge in [-0.2, -0.15) is 0 Å². The lowest BCUT2D eigenvalue weighted by atomic mass is 10.1. The highest BCUT2D eigenvalue weighted by Crippen LogP contribution is 2.18. The first-order valence-corrected chi connectivity index (χ1v) is 4.54. The summed E-state index contributed by atoms with van der Waals surface area (Å²) >= 11 is 0. The smallest absolute Gasteiger partial charge is 0.284 e. The lowest BCUT2D eigenvalue weighted by Gasteiger charge is -2.07. The molecule has 1 amide bonds. The minimum atomic E-state index is -0.608. The molecule has 0 spiro atoms. The predicted molar refractivity (Wildman–Crippen MR) is 55.6 cm³/mol. The van der Waals surface area contributed by atoms with Gasteiger partial charge in [-0.25, -0.2) is 0 Å². The second-order valence-corrected chi connectivity index (χ2v) is 3.14. The van der Waals surface area contributed by atoms with Crippen LogP contribution in [0.5, 0.6) is 5.75 Å². The highest BCUT2D eigenvalue weighted by Gasteiger charge is 2.01. The van der Waals surface area contributed by atoms with E-state index in [4.69, 9.17) is 4.74 Å². The van der Waals surface area contributed by atoms with Crippen LogP contribution in [0.4, 0.5) is 0 Å². The van der Waals surface area contributed by atoms with Crippen molar-refractivity contribution >= 4 is 12.2 Å². The van der Waals surface area contributed by atoms with E-state index in [1.807, 2.05) is 25.1 Å². The molecule has 0 aliphatic carbocycles. The van der Waals surface area contributed by atoms with Crippen LogP contribution in [0.2, 0.25) is 0 Å². The third kappa shape index (κ3) is 3.09. The zero-order valence-corrected chi connectivity index (χ0v) is 8.74. The Balaban J connectivity index is 2.67. The Kier molecular flexibility index (Phi) is 3.85. The van der Waals surface area contributed by atoms with Crippen molar-refractivity contribution in [3.8, 4) is 5.75 Å². The van der Waals surface area contributed by atoms with E-state index in [9.17, 15) is 9.59 Å². The van der Waals surface area contributed by atoms with Gasteiger partial charge in [-0.05, 0) is 24.1 Å². The van der Waals surface area contributed by atoms with E-state index in [0.29, 0.717) is 6.54 Å². The van der Waals surface area contributed by atoms with Crippen molar-refractivity contribution in [3.63, 3.8) is 0 Å². The lowest BCUT2D eigenvalue weighted by molar-refractivity contribution is -0.131. The number of carbonyl (C=O) groups is 2. The monoisotopic (exact) mass is 207 g/mol. The molecular formula is C11H13NO3. The van der Waals surface area contributed by atoms with Gasteiger partial charge in [-0.3, -0.25) is 9.59 Å². The van der Waals surface area contributed by atoms with Gasteiger partial charge in [0.15, 0.2) is 0 Å². The van der Waals surface area contributed by atoms with E-state index in [-0.39, 0.29) is 6.29 Å². The molecule has 1 rings (SSSR count). The molecule has 0 unspecified atom stereocenters. The fraction of sp³-hybridized carbons (Fsp3) is 0.273. The number of carbonyl (C=O) groups excluding carboxylic acids is 2. The average Bonchev–Trinajstić information content (AvgIpc) is 2.26. The van der Waals surface area contributed by atoms with E-state index in [1.165, 1.54) is 0 Å². The Labute approximate surface area is 88.2 Å². The minimum Gasteiger partial charge on any atom is -0.496 e. The Morgan fingerprint density at radius 2 is 2.27 bits per heavy atom. The van der Waals surface area contributed by atoms with Crippen LogP contribution in [0.15, 0.2) is 18.2 Å². The molecule has 4 heteroatoms. The summed E-state index contributed by atoms with van der Waals surface area (Å²) in [6.45, 7) is 2.27. The largest absolute Gasteiger partial charge is 0.496 e. The van der Waals surface area contributed by atoms with E-state index >= 15 is 0 Å². The maximum Gasteiger partial charge on any atom is 0.284 e. The van der Waals surface area contributed by atoms with Crippen LogP contribution < -0.4 is 10.1 Å². The summed E-state index contributed by atoms with van der Waals surface area (Å²) in [5, 5.41) is 2.47. The number of aldehydes is 1. The van der Waals surface area contributed by atoms with Gasteiger partial charge in [-0.1, -0.05) is 12.1 Å². The van der Waals surface area contributed by atoms with Gasteiger partial charge in [0.1, 0.15) is 5.75 Å². The molecule has 0 bridgehead atoms. The number of ether oxygens (including phenoxy) is 1. The second-order valence-electron chi connectivity index (χ2n) is 3.14. The van der Waals surface area contributed by atoms with Crippen molar-refractivity contribution in [2.75, 3.05) is 7.11 Å². The van der Waals surface area contributed by atoms with Crippen molar-refractivity contribution in [1.29, 1.82) is 0 Å². The van der Waals surface area contributed by atoms with Gasteiger partial charge in [-0.15, -0.1) is 0 Å². The van der Waals surface area contributed by atoms with Crippen molar-refractivity contribution in [1.82, 2.24) is 5.32 Å². The van der Waals surface area contributed by atoms with Gasteiger partial charge in [0, 0.05) is 6.54 Å². The lowest BCUT2D eigenvalue weighted by Crippen LogP contribution is -2.23. The molecule has 15 heavy (non-hydrogen) atoms. The molecule has 4 nitrogen and oxygen atoms in total. The summed E-state index contributed by atoms with van der Waals surface area (Å²) in [7, 11) is 1.61. The number of hydrogen-bond acceptors (Lipinski definition) is 3. The Morgan fingerprint density at radius 1 is 1.53 bits per heavy atom. The summed E-state index contributed by atoms with van der Waals surface area (Å²) in [6, 6.07) is 5.58. The van der Waals surface area contributed by atoms with Gasteiger partial charge in [0.2, 0.25) is 6.29 Å². The van der Waals surface area contributed by atoms with E-state index in [1.54, 1.807) is 7.11 Å². The first-order valence-electron chi connectivity index (χ1n) is 4.54. The molecule has 0 aromatic heterocycles. The van der Waals surface area contributed by atoms with Crippen molar-refractivity contribution in [2.24, 2.45) is 0 Å². The average molecular weight is 207 g/mol. The first kappa shape index (κ1) is 11.2. The molecule has 0 saturated heterocycles. The normalized spacial score (nSPS) is 9.47. The molecule has 0 aliphatic heterocycles. The second kappa shape index (κ2) is 5.14. The Hall–Kier alpha value is -1.84. The van der Waals surface area contributed by atoms with Gasteiger partial charge < -0.3 is 10.1 Å². The van der Waals surface area contributed by atoms with Crippen molar-refractivity contribution < 1.29 is 14.3 Å². The molecule has 0 heterocycles. The minimum absolute atomic E-state index is 0.260. The number of rotatable bonds is 4. The van der Waals surface area contributed by atoms with Gasteiger partial charge in [0.25, 0.3) is 5.91 Å². The van der Waals surface area contributed by atoms with Crippen LogP contribution >= 0.6 is 0 Å². The molecule has 1 aromatic rings. The number of nitrogens with one attached hydrogen (secondary N) is 1. The maximum absolute atomic E-state index is 10.7. The molecule has 1 N–H and O–H groups in total. The number of amides is 1. The quantitative estimate of drug-likeness (QED) is 0.587. The molecule has 0 atom stereocenters. The van der Waals surface area contributed by atoms with Crippen LogP contribution in [0.3, 0.4) is 0 Å². The van der Waals surface area contributed by atoms with Crippen LogP contribution in [0.1, 0.15) is 11.1 Å². The summed E-state index contributed by atoms with van der Waals surface area (Å²) in [4.78, 5) is 20.8. The van der Waals surface area contributed by atoms with Crippen LogP contribution in [0, 0.1) is 6.92 Å². The highest BCUT2D eigenvalue weighted by molar-refractivity contribution is 6.23. The maximum atomic E-state index is 10.7. The van der Waals surface area contributed by atoms with Crippen LogP contribution in [-0.4, -0.2) is 19.3 Å². The third-order valence-corrected chi connectivity index (χ3v) is 2.03. The third-order valence-electron chi connectivity index (χ3n) is 2.03. The summed E-state index contributed by atoms with van der Waals surface area (Å²) in [5.41, 5.74) is 1.93. The molecule has 80 valence electrons. The molecule has 1 aromatic carbocycles. The molecular weight excluding hydrogens is 194 g/mol. The zero-order valence-electron chi connectivity index (χ0n) is 8.74. The molecule has 0 fully saturated rings. The van der Waals surface area contributed by atoms with Crippen LogP contribution in [0.25, 0.3) is 0 Å². The van der Waals surface area contributed by atoms with Crippen molar-refractivity contribution in [2.45, 2.75) is 13.5 Å². The van der Waals surface area contributed by atoms with Crippen LogP contribution in [-0.2, 0) is 16.1 Å². The molecule has 0 aliphatic rings. The number of aryl methyl sites for hydroxylation is 1. The van der Waals surface area contributed by atoms with Crippen molar-refractivity contribution in [3.05, 3.63) is 29.3 Å². The summed E-state index contributed by atoms with van der Waals surface area (Å²) in [5.74, 6) is 0.198. The predicted octanol–water partition coefficient (Wildman–Crippen LogP) is 0.819.